The van der Waals surface area contributed by atoms with Gasteiger partial charge in [0.15, 0.2) is 6.10 Å². The highest BCUT2D eigenvalue weighted by atomic mass is 32.2. The number of hydrogen-bond acceptors (Lipinski definition) is 5. The number of fused-ring (bicyclic) bond motifs is 1. The molecule has 0 saturated carbocycles. The van der Waals surface area contributed by atoms with Gasteiger partial charge in [-0.2, -0.15) is 4.31 Å². The maximum atomic E-state index is 13.5. The fraction of sp³-hybridized carbons (Fsp3) is 0.417. The van der Waals surface area contributed by atoms with Crippen LogP contribution >= 0.6 is 0 Å². The normalized spacial score (nSPS) is 21.0. The third-order valence-electron chi connectivity index (χ3n) is 6.21. The third-order valence-corrected chi connectivity index (χ3v) is 8.22. The molecule has 0 unspecified atom stereocenters. The summed E-state index contributed by atoms with van der Waals surface area (Å²) in [5.74, 6) is -0.561. The Balaban J connectivity index is 1.52. The van der Waals surface area contributed by atoms with E-state index in [9.17, 15) is 18.0 Å². The van der Waals surface area contributed by atoms with Crippen LogP contribution in [-0.2, 0) is 26.0 Å². The summed E-state index contributed by atoms with van der Waals surface area (Å²) in [5.41, 5.74) is 2.85. The van der Waals surface area contributed by atoms with Gasteiger partial charge in [0.25, 0.3) is 5.91 Å². The fourth-order valence-corrected chi connectivity index (χ4v) is 5.95. The van der Waals surface area contributed by atoms with Crippen molar-refractivity contribution in [3.8, 4) is 5.75 Å². The van der Waals surface area contributed by atoms with E-state index in [2.05, 4.69) is 17.6 Å². The first kappa shape index (κ1) is 23.3. The maximum Gasteiger partial charge on any atom is 0.265 e. The molecule has 1 saturated heterocycles. The Kier molecular flexibility index (Phi) is 6.45. The standard InChI is InChI=1S/C24H29N3O5S/c1-4-17-7-9-19(10-8-17)25-24(29)18-6-5-11-27(14-18)33(30,31)22-13-21-20(12-15(22)2)26-23(28)16(3)32-21/h7-10,12-13,16,18H,4-6,11,14H2,1-3H3,(H,25,29)(H,26,28)/t16-,18-/m0/s1. The molecule has 2 aromatic rings. The van der Waals surface area contributed by atoms with Crippen LogP contribution in [0.2, 0.25) is 0 Å². The van der Waals surface area contributed by atoms with E-state index >= 15 is 0 Å². The molecule has 2 heterocycles. The van der Waals surface area contributed by atoms with Crippen LogP contribution in [0, 0.1) is 12.8 Å². The minimum atomic E-state index is -3.84. The molecule has 8 nitrogen and oxygen atoms in total. The Bertz CT molecular complexity index is 1180. The molecule has 9 heteroatoms. The monoisotopic (exact) mass is 471 g/mol. The van der Waals surface area contributed by atoms with Crippen molar-refractivity contribution in [1.82, 2.24) is 4.31 Å². The molecule has 0 aliphatic carbocycles. The van der Waals surface area contributed by atoms with E-state index in [4.69, 9.17) is 4.74 Å². The summed E-state index contributed by atoms with van der Waals surface area (Å²) in [6.07, 6.45) is 1.44. The molecular weight excluding hydrogens is 442 g/mol. The van der Waals surface area contributed by atoms with Crippen LogP contribution in [0.3, 0.4) is 0 Å². The minimum Gasteiger partial charge on any atom is -0.479 e. The van der Waals surface area contributed by atoms with Crippen LogP contribution in [-0.4, -0.2) is 43.7 Å². The van der Waals surface area contributed by atoms with Gasteiger partial charge in [0.1, 0.15) is 5.75 Å². The van der Waals surface area contributed by atoms with Crippen molar-refractivity contribution < 1.29 is 22.7 Å². The second-order valence-corrected chi connectivity index (χ2v) is 10.5. The number of piperidine rings is 1. The second-order valence-electron chi connectivity index (χ2n) is 8.61. The molecule has 1 fully saturated rings. The van der Waals surface area contributed by atoms with Gasteiger partial charge in [-0.3, -0.25) is 9.59 Å². The average molecular weight is 472 g/mol. The van der Waals surface area contributed by atoms with Crippen molar-refractivity contribution in [2.45, 2.75) is 51.0 Å². The fourth-order valence-electron chi connectivity index (χ4n) is 4.20. The van der Waals surface area contributed by atoms with Crippen molar-refractivity contribution in [1.29, 1.82) is 0 Å². The largest absolute Gasteiger partial charge is 0.479 e. The van der Waals surface area contributed by atoms with E-state index in [1.54, 1.807) is 19.9 Å². The zero-order valence-corrected chi connectivity index (χ0v) is 19.9. The highest BCUT2D eigenvalue weighted by Crippen LogP contribution is 2.36. The van der Waals surface area contributed by atoms with Gasteiger partial charge in [0.05, 0.1) is 16.5 Å². The number of carbonyl (C=O) groups is 2. The molecule has 33 heavy (non-hydrogen) atoms. The van der Waals surface area contributed by atoms with Gasteiger partial charge < -0.3 is 15.4 Å². The number of amides is 2. The van der Waals surface area contributed by atoms with E-state index in [0.29, 0.717) is 42.1 Å². The maximum absolute atomic E-state index is 13.5. The van der Waals surface area contributed by atoms with E-state index < -0.39 is 22.0 Å². The lowest BCUT2D eigenvalue weighted by atomic mass is 9.98. The SMILES string of the molecule is CCc1ccc(NC(=O)[C@H]2CCCN(S(=O)(=O)c3cc4c(cc3C)NC(=O)[C@H](C)O4)C2)cc1. The molecule has 2 aliphatic heterocycles. The quantitative estimate of drug-likeness (QED) is 0.696. The highest BCUT2D eigenvalue weighted by Gasteiger charge is 2.35. The van der Waals surface area contributed by atoms with Crippen LogP contribution < -0.4 is 15.4 Å². The first-order valence-electron chi connectivity index (χ1n) is 11.2. The van der Waals surface area contributed by atoms with Crippen LogP contribution in [0.1, 0.15) is 37.8 Å². The average Bonchev–Trinajstić information content (AvgIpc) is 2.80. The number of sulfonamides is 1. The Morgan fingerprint density at radius 3 is 2.67 bits per heavy atom. The number of nitrogens with zero attached hydrogens (tertiary/aromatic N) is 1. The topological polar surface area (TPSA) is 105 Å². The third kappa shape index (κ3) is 4.74. The Labute approximate surface area is 194 Å². The number of rotatable bonds is 5. The van der Waals surface area contributed by atoms with Crippen LogP contribution in [0.25, 0.3) is 0 Å². The van der Waals surface area contributed by atoms with E-state index in [-0.39, 0.29) is 23.3 Å². The first-order valence-corrected chi connectivity index (χ1v) is 12.6. The lowest BCUT2D eigenvalue weighted by Crippen LogP contribution is -2.44. The van der Waals surface area contributed by atoms with Gasteiger partial charge in [0, 0.05) is 24.8 Å². The predicted molar refractivity (Wildman–Crippen MR) is 126 cm³/mol. The van der Waals surface area contributed by atoms with Crippen molar-refractivity contribution >= 4 is 33.2 Å². The zero-order valence-electron chi connectivity index (χ0n) is 19.1. The lowest BCUT2D eigenvalue weighted by Gasteiger charge is -2.32. The van der Waals surface area contributed by atoms with Gasteiger partial charge in [-0.25, -0.2) is 8.42 Å². The second kappa shape index (κ2) is 9.15. The molecule has 2 amide bonds. The van der Waals surface area contributed by atoms with Crippen LogP contribution in [0.15, 0.2) is 41.3 Å². The van der Waals surface area contributed by atoms with Crippen molar-refractivity contribution in [2.24, 2.45) is 5.92 Å². The van der Waals surface area contributed by atoms with Crippen molar-refractivity contribution in [3.63, 3.8) is 0 Å². The molecule has 0 spiro atoms. The number of carbonyl (C=O) groups excluding carboxylic acids is 2. The summed E-state index contributed by atoms with van der Waals surface area (Å²) in [5, 5.41) is 5.65. The van der Waals surface area contributed by atoms with Gasteiger partial charge in [-0.05, 0) is 62.4 Å². The summed E-state index contributed by atoms with van der Waals surface area (Å²) in [7, 11) is -3.84. The Morgan fingerprint density at radius 2 is 1.97 bits per heavy atom. The Hall–Kier alpha value is -2.91. The summed E-state index contributed by atoms with van der Waals surface area (Å²) >= 11 is 0. The summed E-state index contributed by atoms with van der Waals surface area (Å²) in [6.45, 7) is 5.83. The number of aryl methyl sites for hydroxylation is 2. The van der Waals surface area contributed by atoms with Gasteiger partial charge in [-0.1, -0.05) is 19.1 Å². The van der Waals surface area contributed by atoms with E-state index in [0.717, 1.165) is 6.42 Å². The zero-order chi connectivity index (χ0) is 23.8. The van der Waals surface area contributed by atoms with Crippen molar-refractivity contribution in [2.75, 3.05) is 23.7 Å². The molecule has 2 N–H and O–H groups in total. The first-order chi connectivity index (χ1) is 15.7. The van der Waals surface area contributed by atoms with Gasteiger partial charge in [0.2, 0.25) is 15.9 Å². The number of nitrogens with one attached hydrogen (secondary N) is 2. The number of hydrogen-bond donors (Lipinski definition) is 2. The predicted octanol–water partition coefficient (Wildman–Crippen LogP) is 3.32. The number of anilines is 2. The van der Waals surface area contributed by atoms with E-state index in [1.807, 2.05) is 24.3 Å². The molecular formula is C24H29N3O5S. The molecule has 2 aromatic carbocycles. The molecule has 176 valence electrons. The minimum absolute atomic E-state index is 0.117. The lowest BCUT2D eigenvalue weighted by molar-refractivity contribution is -0.123. The van der Waals surface area contributed by atoms with Crippen LogP contribution in [0.5, 0.6) is 5.75 Å². The van der Waals surface area contributed by atoms with E-state index in [1.165, 1.54) is 15.9 Å². The molecule has 0 aromatic heterocycles. The molecule has 0 radical (unpaired) electrons. The molecule has 2 atom stereocenters. The number of ether oxygens (including phenoxy) is 1. The molecule has 2 aliphatic rings. The summed E-state index contributed by atoms with van der Waals surface area (Å²) in [6, 6.07) is 10.7. The summed E-state index contributed by atoms with van der Waals surface area (Å²) in [4.78, 5) is 24.8. The smallest absolute Gasteiger partial charge is 0.265 e. The van der Waals surface area contributed by atoms with Gasteiger partial charge in [-0.15, -0.1) is 0 Å². The highest BCUT2D eigenvalue weighted by molar-refractivity contribution is 7.89. The molecule has 0 bridgehead atoms. The summed E-state index contributed by atoms with van der Waals surface area (Å²) < 4.78 is 34.0. The number of benzene rings is 2. The molecule has 4 rings (SSSR count). The van der Waals surface area contributed by atoms with Gasteiger partial charge >= 0.3 is 0 Å². The van der Waals surface area contributed by atoms with Crippen molar-refractivity contribution in [3.05, 3.63) is 47.5 Å². The Morgan fingerprint density at radius 1 is 1.24 bits per heavy atom. The van der Waals surface area contributed by atoms with Crippen LogP contribution in [0.4, 0.5) is 11.4 Å².